The molecule has 6 nitrogen and oxygen atoms in total. The summed E-state index contributed by atoms with van der Waals surface area (Å²) < 4.78 is 2.26. The third-order valence-corrected chi connectivity index (χ3v) is 4.99. The molecule has 1 saturated heterocycles. The van der Waals surface area contributed by atoms with Gasteiger partial charge in [-0.1, -0.05) is 0 Å². The minimum Gasteiger partial charge on any atom is -0.354 e. The SMILES string of the molecule is Cc1cnc(C)c(N2CCC[C@H](c3nccn3Cc3ccncc3)C2)n1. The molecule has 134 valence electrons. The minimum atomic E-state index is 0.405. The monoisotopic (exact) mass is 348 g/mol. The molecule has 1 atom stereocenters. The third kappa shape index (κ3) is 3.45. The highest BCUT2D eigenvalue weighted by Gasteiger charge is 2.26. The Morgan fingerprint density at radius 2 is 1.96 bits per heavy atom. The van der Waals surface area contributed by atoms with E-state index in [0.29, 0.717) is 5.92 Å². The second kappa shape index (κ2) is 7.23. The Morgan fingerprint density at radius 1 is 1.12 bits per heavy atom. The zero-order chi connectivity index (χ0) is 17.9. The summed E-state index contributed by atoms with van der Waals surface area (Å²) in [5, 5.41) is 0. The van der Waals surface area contributed by atoms with Crippen molar-refractivity contribution in [1.29, 1.82) is 0 Å². The fourth-order valence-corrected chi connectivity index (χ4v) is 3.70. The van der Waals surface area contributed by atoms with E-state index in [-0.39, 0.29) is 0 Å². The van der Waals surface area contributed by atoms with Gasteiger partial charge < -0.3 is 9.47 Å². The van der Waals surface area contributed by atoms with Gasteiger partial charge in [0.25, 0.3) is 0 Å². The molecule has 4 heterocycles. The highest BCUT2D eigenvalue weighted by atomic mass is 15.2. The first-order valence-corrected chi connectivity index (χ1v) is 9.16. The maximum absolute atomic E-state index is 4.73. The standard InChI is InChI=1S/C20H24N6/c1-15-12-23-16(2)19(24-15)25-10-3-4-18(14-25)20-22-9-11-26(20)13-17-5-7-21-8-6-17/h5-9,11-12,18H,3-4,10,13-14H2,1-2H3/t18-/m0/s1. The summed E-state index contributed by atoms with van der Waals surface area (Å²) >= 11 is 0. The van der Waals surface area contributed by atoms with Gasteiger partial charge in [-0.2, -0.15) is 0 Å². The predicted octanol–water partition coefficient (Wildman–Crippen LogP) is 3.12. The van der Waals surface area contributed by atoms with Crippen molar-refractivity contribution in [1.82, 2.24) is 24.5 Å². The van der Waals surface area contributed by atoms with E-state index in [4.69, 9.17) is 4.98 Å². The summed E-state index contributed by atoms with van der Waals surface area (Å²) in [7, 11) is 0. The maximum atomic E-state index is 4.73. The number of rotatable bonds is 4. The van der Waals surface area contributed by atoms with Gasteiger partial charge in [0.05, 0.1) is 11.4 Å². The molecule has 1 fully saturated rings. The fraction of sp³-hybridized carbons (Fsp3) is 0.400. The first-order chi connectivity index (χ1) is 12.7. The summed E-state index contributed by atoms with van der Waals surface area (Å²) in [6.07, 6.45) is 11.8. The van der Waals surface area contributed by atoms with Crippen LogP contribution in [0.25, 0.3) is 0 Å². The summed E-state index contributed by atoms with van der Waals surface area (Å²) in [5.41, 5.74) is 3.20. The molecule has 1 aliphatic rings. The lowest BCUT2D eigenvalue weighted by Gasteiger charge is -2.34. The number of aromatic nitrogens is 5. The van der Waals surface area contributed by atoms with Gasteiger partial charge in [0.2, 0.25) is 0 Å². The van der Waals surface area contributed by atoms with Crippen LogP contribution in [0.3, 0.4) is 0 Å². The highest BCUT2D eigenvalue weighted by Crippen LogP contribution is 2.29. The average molecular weight is 348 g/mol. The Hall–Kier alpha value is -2.76. The van der Waals surface area contributed by atoms with E-state index >= 15 is 0 Å². The van der Waals surface area contributed by atoms with Crippen LogP contribution in [0.5, 0.6) is 0 Å². The van der Waals surface area contributed by atoms with Crippen LogP contribution in [0, 0.1) is 13.8 Å². The predicted molar refractivity (Wildman–Crippen MR) is 101 cm³/mol. The van der Waals surface area contributed by atoms with Gasteiger partial charge in [0, 0.05) is 56.5 Å². The van der Waals surface area contributed by atoms with Crippen LogP contribution >= 0.6 is 0 Å². The maximum Gasteiger partial charge on any atom is 0.150 e. The van der Waals surface area contributed by atoms with Crippen LogP contribution in [0.4, 0.5) is 5.82 Å². The summed E-state index contributed by atoms with van der Waals surface area (Å²) in [6, 6.07) is 4.12. The van der Waals surface area contributed by atoms with Crippen molar-refractivity contribution in [2.24, 2.45) is 0 Å². The van der Waals surface area contributed by atoms with Gasteiger partial charge in [0.15, 0.2) is 0 Å². The number of nitrogens with zero attached hydrogens (tertiary/aromatic N) is 6. The van der Waals surface area contributed by atoms with Crippen molar-refractivity contribution >= 4 is 5.82 Å². The summed E-state index contributed by atoms with van der Waals surface area (Å²) in [5.74, 6) is 2.58. The van der Waals surface area contributed by atoms with Gasteiger partial charge >= 0.3 is 0 Å². The molecule has 0 radical (unpaired) electrons. The lowest BCUT2D eigenvalue weighted by Crippen LogP contribution is -2.36. The van der Waals surface area contributed by atoms with E-state index < -0.39 is 0 Å². The molecule has 3 aromatic rings. The van der Waals surface area contributed by atoms with Gasteiger partial charge in [-0.3, -0.25) is 9.97 Å². The highest BCUT2D eigenvalue weighted by molar-refractivity contribution is 5.44. The molecule has 1 aliphatic heterocycles. The molecule has 0 bridgehead atoms. The molecule has 0 saturated carbocycles. The van der Waals surface area contributed by atoms with Crippen LogP contribution in [0.1, 0.15) is 41.5 Å². The normalized spacial score (nSPS) is 17.5. The number of hydrogen-bond donors (Lipinski definition) is 0. The molecular weight excluding hydrogens is 324 g/mol. The van der Waals surface area contributed by atoms with E-state index in [9.17, 15) is 0 Å². The number of aryl methyl sites for hydroxylation is 2. The van der Waals surface area contributed by atoms with Gasteiger partial charge in [0.1, 0.15) is 11.6 Å². The number of hydrogen-bond acceptors (Lipinski definition) is 5. The molecule has 6 heteroatoms. The van der Waals surface area contributed by atoms with Crippen LogP contribution in [0.2, 0.25) is 0 Å². The molecule has 0 unspecified atom stereocenters. The Bertz CT molecular complexity index is 873. The van der Waals surface area contributed by atoms with Crippen LogP contribution < -0.4 is 4.90 Å². The molecule has 4 rings (SSSR count). The zero-order valence-corrected chi connectivity index (χ0v) is 15.3. The van der Waals surface area contributed by atoms with Crippen molar-refractivity contribution < 1.29 is 0 Å². The third-order valence-electron chi connectivity index (χ3n) is 4.99. The number of pyridine rings is 1. The largest absolute Gasteiger partial charge is 0.354 e. The molecule has 0 aliphatic carbocycles. The van der Waals surface area contributed by atoms with Gasteiger partial charge in [-0.25, -0.2) is 9.97 Å². The number of imidazole rings is 1. The summed E-state index contributed by atoms with van der Waals surface area (Å²) in [4.78, 5) is 20.4. The molecular formula is C20H24N6. The first kappa shape index (κ1) is 16.7. The molecule has 3 aromatic heterocycles. The second-order valence-corrected chi connectivity index (χ2v) is 6.97. The number of anilines is 1. The molecule has 0 spiro atoms. The van der Waals surface area contributed by atoms with Crippen molar-refractivity contribution in [2.75, 3.05) is 18.0 Å². The average Bonchev–Trinajstić information content (AvgIpc) is 3.13. The number of piperidine rings is 1. The zero-order valence-electron chi connectivity index (χ0n) is 15.3. The van der Waals surface area contributed by atoms with E-state index in [2.05, 4.69) is 42.7 Å². The van der Waals surface area contributed by atoms with Crippen molar-refractivity contribution in [3.05, 3.63) is 65.9 Å². The second-order valence-electron chi connectivity index (χ2n) is 6.97. The van der Waals surface area contributed by atoms with E-state index in [1.54, 1.807) is 0 Å². The van der Waals surface area contributed by atoms with E-state index in [1.165, 1.54) is 5.56 Å². The van der Waals surface area contributed by atoms with Crippen molar-refractivity contribution in [3.63, 3.8) is 0 Å². The Kier molecular flexibility index (Phi) is 4.65. The van der Waals surface area contributed by atoms with Crippen LogP contribution in [-0.2, 0) is 6.54 Å². The molecule has 26 heavy (non-hydrogen) atoms. The topological polar surface area (TPSA) is 59.7 Å². The van der Waals surface area contributed by atoms with Crippen molar-refractivity contribution in [2.45, 2.75) is 39.2 Å². The Morgan fingerprint density at radius 3 is 2.81 bits per heavy atom. The van der Waals surface area contributed by atoms with Crippen LogP contribution in [-0.4, -0.2) is 37.6 Å². The van der Waals surface area contributed by atoms with Gasteiger partial charge in [-0.15, -0.1) is 0 Å². The van der Waals surface area contributed by atoms with E-state index in [0.717, 1.165) is 55.5 Å². The fourth-order valence-electron chi connectivity index (χ4n) is 3.70. The molecule has 0 aromatic carbocycles. The van der Waals surface area contributed by atoms with Gasteiger partial charge in [-0.05, 0) is 44.4 Å². The minimum absolute atomic E-state index is 0.405. The molecule has 0 amide bonds. The smallest absolute Gasteiger partial charge is 0.150 e. The Labute approximate surface area is 154 Å². The quantitative estimate of drug-likeness (QED) is 0.725. The Balaban J connectivity index is 1.55. The summed E-state index contributed by atoms with van der Waals surface area (Å²) in [6.45, 7) is 6.83. The van der Waals surface area contributed by atoms with E-state index in [1.807, 2.05) is 38.6 Å². The first-order valence-electron chi connectivity index (χ1n) is 9.16. The van der Waals surface area contributed by atoms with Crippen molar-refractivity contribution in [3.8, 4) is 0 Å². The lowest BCUT2D eigenvalue weighted by molar-refractivity contribution is 0.473. The lowest BCUT2D eigenvalue weighted by atomic mass is 9.97. The molecule has 0 N–H and O–H groups in total. The van der Waals surface area contributed by atoms with Crippen LogP contribution in [0.15, 0.2) is 43.1 Å².